The van der Waals surface area contributed by atoms with E-state index in [1.54, 1.807) is 6.20 Å². The normalized spacial score (nSPS) is 10.9. The molecule has 0 saturated carbocycles. The molecule has 3 rings (SSSR count). The lowest BCUT2D eigenvalue weighted by Gasteiger charge is -2.00. The summed E-state index contributed by atoms with van der Waals surface area (Å²) in [7, 11) is 0. The predicted octanol–water partition coefficient (Wildman–Crippen LogP) is 2.58. The van der Waals surface area contributed by atoms with Gasteiger partial charge < -0.3 is 0 Å². The Morgan fingerprint density at radius 2 is 2.14 bits per heavy atom. The molecule has 1 radical (unpaired) electrons. The molecule has 2 aromatic heterocycles. The van der Waals surface area contributed by atoms with Crippen LogP contribution in [0, 0.1) is 6.07 Å². The van der Waals surface area contributed by atoms with Crippen molar-refractivity contribution in [3.05, 3.63) is 48.9 Å². The highest BCUT2D eigenvalue weighted by atomic mass is 14.7. The summed E-state index contributed by atoms with van der Waals surface area (Å²) in [4.78, 5) is 8.42. The molecule has 1 aromatic carbocycles. The molecule has 2 heterocycles. The number of rotatable bonds is 0. The van der Waals surface area contributed by atoms with Gasteiger partial charge in [-0.2, -0.15) is 0 Å². The van der Waals surface area contributed by atoms with Crippen LogP contribution in [-0.2, 0) is 0 Å². The minimum atomic E-state index is 1.01. The highest BCUT2D eigenvalue weighted by molar-refractivity contribution is 6.04. The second-order valence-electron chi connectivity index (χ2n) is 3.15. The van der Waals surface area contributed by atoms with Gasteiger partial charge >= 0.3 is 0 Å². The quantitative estimate of drug-likeness (QED) is 0.496. The van der Waals surface area contributed by atoms with Crippen LogP contribution in [0.25, 0.3) is 21.7 Å². The summed E-state index contributed by atoms with van der Waals surface area (Å²) in [6.07, 6.45) is 5.40. The average molecular weight is 179 g/mol. The van der Waals surface area contributed by atoms with Gasteiger partial charge in [0.15, 0.2) is 0 Å². The molecule has 0 atom stereocenters. The Balaban J connectivity index is 2.61. The molecular weight excluding hydrogens is 172 g/mol. The molecule has 0 aliphatic rings. The Morgan fingerprint density at radius 1 is 1.14 bits per heavy atom. The largest absolute Gasteiger partial charge is 0.264 e. The molecule has 0 unspecified atom stereocenters. The number of pyridine rings is 2. The Labute approximate surface area is 81.2 Å². The van der Waals surface area contributed by atoms with E-state index in [4.69, 9.17) is 0 Å². The van der Waals surface area contributed by atoms with Crippen LogP contribution in [0.4, 0.5) is 0 Å². The van der Waals surface area contributed by atoms with Crippen LogP contribution in [0.5, 0.6) is 0 Å². The molecule has 0 aliphatic heterocycles. The maximum absolute atomic E-state index is 4.36. The Hall–Kier alpha value is -1.96. The van der Waals surface area contributed by atoms with Gasteiger partial charge in [0.2, 0.25) is 0 Å². The van der Waals surface area contributed by atoms with Gasteiger partial charge in [-0.15, -0.1) is 0 Å². The molecule has 2 nitrogen and oxygen atoms in total. The van der Waals surface area contributed by atoms with Gasteiger partial charge in [0.05, 0.1) is 5.52 Å². The number of benzene rings is 1. The SMILES string of the molecule is [c]1cc2cccnc2c2ccncc12. The summed E-state index contributed by atoms with van der Waals surface area (Å²) >= 11 is 0. The summed E-state index contributed by atoms with van der Waals surface area (Å²) in [6, 6.07) is 11.1. The van der Waals surface area contributed by atoms with Gasteiger partial charge in [-0.3, -0.25) is 9.97 Å². The van der Waals surface area contributed by atoms with Crippen molar-refractivity contribution in [2.24, 2.45) is 0 Å². The van der Waals surface area contributed by atoms with Gasteiger partial charge in [-0.05, 0) is 24.3 Å². The first-order valence-corrected chi connectivity index (χ1v) is 4.44. The fourth-order valence-electron chi connectivity index (χ4n) is 1.63. The number of fused-ring (bicyclic) bond motifs is 3. The molecule has 0 amide bonds. The molecule has 2 heteroatoms. The monoisotopic (exact) mass is 179 g/mol. The lowest BCUT2D eigenvalue weighted by atomic mass is 10.1. The molecule has 0 spiro atoms. The standard InChI is InChI=1S/C12H7N2/c1-2-9-3-4-10-8-13-7-5-11(10)12(9)14-6-1/h1-3,5-8H. The van der Waals surface area contributed by atoms with Crippen LogP contribution in [-0.4, -0.2) is 9.97 Å². The molecular formula is C12H7N2. The first-order chi connectivity index (χ1) is 6.95. The predicted molar refractivity (Wildman–Crippen MR) is 55.9 cm³/mol. The van der Waals surface area contributed by atoms with Crippen molar-refractivity contribution in [2.75, 3.05) is 0 Å². The smallest absolute Gasteiger partial charge is 0.0781 e. The first-order valence-electron chi connectivity index (χ1n) is 4.44. The first kappa shape index (κ1) is 7.44. The highest BCUT2D eigenvalue weighted by Crippen LogP contribution is 2.21. The van der Waals surface area contributed by atoms with Crippen molar-refractivity contribution in [2.45, 2.75) is 0 Å². The molecule has 0 saturated heterocycles. The van der Waals surface area contributed by atoms with Gasteiger partial charge in [0.25, 0.3) is 0 Å². The second kappa shape index (κ2) is 2.77. The van der Waals surface area contributed by atoms with E-state index < -0.39 is 0 Å². The minimum absolute atomic E-state index is 1.01. The molecule has 0 fully saturated rings. The van der Waals surface area contributed by atoms with E-state index in [0.717, 1.165) is 21.7 Å². The van der Waals surface area contributed by atoms with E-state index in [1.165, 1.54) is 0 Å². The molecule has 14 heavy (non-hydrogen) atoms. The van der Waals surface area contributed by atoms with Crippen LogP contribution in [0.1, 0.15) is 0 Å². The Kier molecular flexibility index (Phi) is 1.47. The zero-order valence-corrected chi connectivity index (χ0v) is 7.44. The Morgan fingerprint density at radius 3 is 3.14 bits per heavy atom. The van der Waals surface area contributed by atoms with Crippen molar-refractivity contribution in [1.82, 2.24) is 9.97 Å². The van der Waals surface area contributed by atoms with Gasteiger partial charge in [0, 0.05) is 34.7 Å². The number of aromatic nitrogens is 2. The van der Waals surface area contributed by atoms with Crippen molar-refractivity contribution in [3.8, 4) is 0 Å². The molecule has 0 N–H and O–H groups in total. The van der Waals surface area contributed by atoms with Crippen LogP contribution in [0.2, 0.25) is 0 Å². The van der Waals surface area contributed by atoms with Gasteiger partial charge in [0.1, 0.15) is 0 Å². The summed E-state index contributed by atoms with van der Waals surface area (Å²) in [5.41, 5.74) is 1.02. The van der Waals surface area contributed by atoms with Crippen molar-refractivity contribution < 1.29 is 0 Å². The highest BCUT2D eigenvalue weighted by Gasteiger charge is 1.99. The van der Waals surface area contributed by atoms with E-state index in [0.29, 0.717) is 0 Å². The topological polar surface area (TPSA) is 25.8 Å². The number of hydrogen-bond donors (Lipinski definition) is 0. The van der Waals surface area contributed by atoms with Crippen LogP contribution >= 0.6 is 0 Å². The minimum Gasteiger partial charge on any atom is -0.264 e. The molecule has 65 valence electrons. The lowest BCUT2D eigenvalue weighted by molar-refractivity contribution is 1.36. The molecule has 3 aromatic rings. The van der Waals surface area contributed by atoms with E-state index >= 15 is 0 Å². The van der Waals surface area contributed by atoms with E-state index in [1.807, 2.05) is 36.7 Å². The molecule has 0 aliphatic carbocycles. The number of hydrogen-bond acceptors (Lipinski definition) is 2. The van der Waals surface area contributed by atoms with Gasteiger partial charge in [-0.1, -0.05) is 6.07 Å². The maximum Gasteiger partial charge on any atom is 0.0781 e. The summed E-state index contributed by atoms with van der Waals surface area (Å²) < 4.78 is 0. The third-order valence-electron chi connectivity index (χ3n) is 2.30. The number of nitrogens with zero attached hydrogens (tertiary/aromatic N) is 2. The van der Waals surface area contributed by atoms with Crippen molar-refractivity contribution in [3.63, 3.8) is 0 Å². The zero-order valence-electron chi connectivity index (χ0n) is 7.44. The summed E-state index contributed by atoms with van der Waals surface area (Å²) in [5, 5.41) is 3.24. The van der Waals surface area contributed by atoms with E-state index in [-0.39, 0.29) is 0 Å². The van der Waals surface area contributed by atoms with Crippen molar-refractivity contribution >= 4 is 21.7 Å². The van der Waals surface area contributed by atoms with Crippen LogP contribution in [0.3, 0.4) is 0 Å². The zero-order chi connectivity index (χ0) is 9.38. The third-order valence-corrected chi connectivity index (χ3v) is 2.30. The van der Waals surface area contributed by atoms with E-state index in [2.05, 4.69) is 16.0 Å². The fourth-order valence-corrected chi connectivity index (χ4v) is 1.63. The van der Waals surface area contributed by atoms with Crippen LogP contribution < -0.4 is 0 Å². The summed E-state index contributed by atoms with van der Waals surface area (Å²) in [6.45, 7) is 0. The average Bonchev–Trinajstić information content (AvgIpc) is 2.29. The lowest BCUT2D eigenvalue weighted by Crippen LogP contribution is -1.81. The Bertz CT molecular complexity index is 547. The molecule has 0 bridgehead atoms. The summed E-state index contributed by atoms with van der Waals surface area (Å²) in [5.74, 6) is 0. The fraction of sp³-hybridized carbons (Fsp3) is 0. The maximum atomic E-state index is 4.36. The second-order valence-corrected chi connectivity index (χ2v) is 3.15. The van der Waals surface area contributed by atoms with E-state index in [9.17, 15) is 0 Å². The van der Waals surface area contributed by atoms with Crippen LogP contribution in [0.15, 0.2) is 42.9 Å². The van der Waals surface area contributed by atoms with Crippen molar-refractivity contribution in [1.29, 1.82) is 0 Å². The van der Waals surface area contributed by atoms with Gasteiger partial charge in [-0.25, -0.2) is 0 Å². The third kappa shape index (κ3) is 0.973.